The van der Waals surface area contributed by atoms with Gasteiger partial charge in [0.05, 0.1) is 6.04 Å². The zero-order valence-corrected chi connectivity index (χ0v) is 24.6. The molecule has 0 spiro atoms. The Bertz CT molecular complexity index is 1710. The summed E-state index contributed by atoms with van der Waals surface area (Å²) < 4.78 is 72.2. The lowest BCUT2D eigenvalue weighted by Gasteiger charge is -2.24. The molecule has 0 aliphatic rings. The van der Waals surface area contributed by atoms with Crippen molar-refractivity contribution >= 4 is 17.8 Å². The highest BCUT2D eigenvalue weighted by Gasteiger charge is 2.29. The van der Waals surface area contributed by atoms with Crippen LogP contribution >= 0.6 is 0 Å². The van der Waals surface area contributed by atoms with Crippen LogP contribution < -0.4 is 33.6 Å². The fourth-order valence-electron chi connectivity index (χ4n) is 4.42. The summed E-state index contributed by atoms with van der Waals surface area (Å²) >= 11 is 0. The number of aliphatic imine (C=N–C) groups is 1. The van der Waals surface area contributed by atoms with Crippen molar-refractivity contribution in [1.82, 2.24) is 20.8 Å². The van der Waals surface area contributed by atoms with Gasteiger partial charge in [-0.2, -0.15) is 4.98 Å². The molecule has 0 fully saturated rings. The smallest absolute Gasteiger partial charge is 0.249 e. The molecule has 2 amide bonds. The Morgan fingerprint density at radius 1 is 1.09 bits per heavy atom. The van der Waals surface area contributed by atoms with E-state index in [-0.39, 0.29) is 43.3 Å². The molecule has 0 saturated carbocycles. The zero-order valence-electron chi connectivity index (χ0n) is 32.6. The molecule has 0 radical (unpaired) electrons. The van der Waals surface area contributed by atoms with Crippen molar-refractivity contribution in [2.45, 2.75) is 76.8 Å². The van der Waals surface area contributed by atoms with Crippen molar-refractivity contribution in [3.05, 3.63) is 76.4 Å². The third-order valence-corrected chi connectivity index (χ3v) is 6.60. The quantitative estimate of drug-likeness (QED) is 0.0654. The van der Waals surface area contributed by atoms with Crippen molar-refractivity contribution < 1.29 is 30.2 Å². The van der Waals surface area contributed by atoms with Gasteiger partial charge >= 0.3 is 0 Å². The first-order valence-corrected chi connectivity index (χ1v) is 13.9. The molecule has 1 heterocycles. The number of benzene rings is 2. The van der Waals surface area contributed by atoms with Crippen LogP contribution in [0.2, 0.25) is 0 Å². The molecular formula is C31H45N9O4. The van der Waals surface area contributed by atoms with E-state index in [1.165, 1.54) is 12.1 Å². The average molecular weight is 616 g/mol. The number of aromatic hydroxyl groups is 1. The molecule has 11 N–H and O–H groups in total. The predicted octanol–water partition coefficient (Wildman–Crippen LogP) is 1.38. The lowest BCUT2D eigenvalue weighted by atomic mass is 9.95. The molecule has 238 valence electrons. The van der Waals surface area contributed by atoms with Gasteiger partial charge in [0.25, 0.3) is 0 Å². The van der Waals surface area contributed by atoms with E-state index in [2.05, 4.69) is 25.8 Å². The van der Waals surface area contributed by atoms with Crippen LogP contribution in [0.5, 0.6) is 5.75 Å². The second-order valence-corrected chi connectivity index (χ2v) is 10.1. The molecule has 0 unspecified atom stereocenters. The fraction of sp³-hybridized carbons (Fsp3) is 0.452. The summed E-state index contributed by atoms with van der Waals surface area (Å²) in [5.41, 5.74) is 24.5. The Morgan fingerprint density at radius 2 is 1.80 bits per heavy atom. The number of phenolic OH excluding ortho intramolecular Hbond substituents is 1. The molecule has 44 heavy (non-hydrogen) atoms. The lowest BCUT2D eigenvalue weighted by Crippen LogP contribution is -2.53. The standard InChI is InChI=1S/C31H45N9O4/c1-19-15-22(41)16-20(2)23(19)18-26(38-28(42)24(33)11-8-14-36-31(34)35)29(43)37-25(12-6-7-13-32)30-39-27(40-44-30)17-21-9-4-3-5-10-21/h3-5,9-10,15-16,24-26,41H,6-8,11-14,17-18,32-33H2,1-2H3,(H,37,43)(H,38,42)(H4,34,35,36)/t24-,25-,26+/m1/s1/i6D2,7D2,12D2,13D2. The number of hydrogen-bond donors (Lipinski definition) is 7. The first-order valence-electron chi connectivity index (χ1n) is 17.9. The number of nitrogens with two attached hydrogens (primary N) is 4. The maximum atomic E-state index is 14.2. The van der Waals surface area contributed by atoms with Crippen molar-refractivity contribution in [3.63, 3.8) is 0 Å². The SMILES string of the molecule is [2H]C([2H])(N)C([2H])([2H])C([2H])([2H])C([2H])([2H])[C@@H](NC(=O)[C@H](Cc1c(C)cc(O)cc1C)NC(=O)[C@H](N)CCCN=C(N)N)c1nc(Cc2ccccc2)no1. The summed E-state index contributed by atoms with van der Waals surface area (Å²) in [4.78, 5) is 35.6. The molecule has 1 aromatic heterocycles. The highest BCUT2D eigenvalue weighted by Crippen LogP contribution is 2.23. The van der Waals surface area contributed by atoms with Gasteiger partial charge in [0.2, 0.25) is 17.7 Å². The molecule has 0 saturated heterocycles. The number of carbonyl (C=O) groups excluding carboxylic acids is 2. The van der Waals surface area contributed by atoms with Gasteiger partial charge in [-0.15, -0.1) is 0 Å². The van der Waals surface area contributed by atoms with E-state index in [9.17, 15) is 14.7 Å². The Balaban J connectivity index is 2.08. The molecule has 0 aliphatic carbocycles. The maximum absolute atomic E-state index is 14.2. The summed E-state index contributed by atoms with van der Waals surface area (Å²) in [6.07, 6.45) is -10.7. The number of nitrogens with zero attached hydrogens (tertiary/aromatic N) is 3. The van der Waals surface area contributed by atoms with Gasteiger partial charge in [-0.05, 0) is 86.7 Å². The molecule has 2 aromatic carbocycles. The summed E-state index contributed by atoms with van der Waals surface area (Å²) in [7, 11) is 0. The number of aromatic nitrogens is 2. The van der Waals surface area contributed by atoms with Crippen molar-refractivity contribution in [2.75, 3.05) is 13.0 Å². The van der Waals surface area contributed by atoms with E-state index in [0.29, 0.717) is 23.1 Å². The highest BCUT2D eigenvalue weighted by molar-refractivity contribution is 5.90. The number of hydrogen-bond acceptors (Lipinski definition) is 9. The Labute approximate surface area is 269 Å². The summed E-state index contributed by atoms with van der Waals surface area (Å²) in [6.45, 7) is 0.121. The van der Waals surface area contributed by atoms with Gasteiger partial charge < -0.3 is 43.2 Å². The maximum Gasteiger partial charge on any atom is 0.249 e. The summed E-state index contributed by atoms with van der Waals surface area (Å²) in [6, 6.07) is 6.82. The molecule has 3 rings (SSSR count). The second-order valence-electron chi connectivity index (χ2n) is 10.1. The normalized spacial score (nSPS) is 17.1. The average Bonchev–Trinajstić information content (AvgIpc) is 3.49. The van der Waals surface area contributed by atoms with Crippen LogP contribution in [0.3, 0.4) is 0 Å². The minimum Gasteiger partial charge on any atom is -0.508 e. The monoisotopic (exact) mass is 615 g/mol. The van der Waals surface area contributed by atoms with Crippen LogP contribution in [0, 0.1) is 13.8 Å². The van der Waals surface area contributed by atoms with E-state index in [1.807, 2.05) is 0 Å². The van der Waals surface area contributed by atoms with Crippen LogP contribution in [0.1, 0.15) is 82.9 Å². The van der Waals surface area contributed by atoms with Gasteiger partial charge in [0, 0.05) is 30.4 Å². The van der Waals surface area contributed by atoms with Crippen molar-refractivity contribution in [3.8, 4) is 5.75 Å². The molecule has 0 bridgehead atoms. The van der Waals surface area contributed by atoms with E-state index in [1.54, 1.807) is 44.2 Å². The topological polar surface area (TPSA) is 234 Å². The highest BCUT2D eigenvalue weighted by atomic mass is 16.5. The Kier molecular flexibility index (Phi) is 9.22. The van der Waals surface area contributed by atoms with Crippen molar-refractivity contribution in [2.24, 2.45) is 27.9 Å². The van der Waals surface area contributed by atoms with Crippen LogP contribution in [0.25, 0.3) is 0 Å². The third kappa shape index (κ3) is 10.7. The summed E-state index contributed by atoms with van der Waals surface area (Å²) in [5, 5.41) is 18.8. The van der Waals surface area contributed by atoms with Gasteiger partial charge in [-0.1, -0.05) is 35.5 Å². The number of nitrogens with one attached hydrogen (secondary N) is 2. The fourth-order valence-corrected chi connectivity index (χ4v) is 4.42. The number of aryl methyl sites for hydroxylation is 2. The largest absolute Gasteiger partial charge is 0.508 e. The Morgan fingerprint density at radius 3 is 2.45 bits per heavy atom. The van der Waals surface area contributed by atoms with Gasteiger partial charge in [-0.3, -0.25) is 14.6 Å². The first-order chi connectivity index (χ1) is 24.0. The Hall–Kier alpha value is -4.49. The van der Waals surface area contributed by atoms with Gasteiger partial charge in [-0.25, -0.2) is 0 Å². The number of amides is 2. The van der Waals surface area contributed by atoms with Crippen LogP contribution in [-0.2, 0) is 22.4 Å². The number of carbonyl (C=O) groups is 2. The van der Waals surface area contributed by atoms with E-state index in [0.717, 1.165) is 5.56 Å². The zero-order chi connectivity index (χ0) is 39.2. The van der Waals surface area contributed by atoms with E-state index >= 15 is 0 Å². The number of rotatable bonds is 17. The summed E-state index contributed by atoms with van der Waals surface area (Å²) in [5.74, 6) is -2.70. The third-order valence-electron chi connectivity index (χ3n) is 6.60. The second kappa shape index (κ2) is 17.0. The molecular weight excluding hydrogens is 562 g/mol. The number of guanidine groups is 1. The first kappa shape index (κ1) is 23.9. The minimum atomic E-state index is -3.76. The molecule has 3 aromatic rings. The number of phenols is 1. The van der Waals surface area contributed by atoms with E-state index < -0.39 is 61.4 Å². The molecule has 13 nitrogen and oxygen atoms in total. The molecule has 13 heteroatoms. The van der Waals surface area contributed by atoms with E-state index in [4.69, 9.17) is 38.4 Å². The molecule has 3 atom stereocenters. The van der Waals surface area contributed by atoms with Crippen LogP contribution in [-0.4, -0.2) is 58.1 Å². The molecule has 0 aliphatic heterocycles. The lowest BCUT2D eigenvalue weighted by molar-refractivity contribution is -0.130. The van der Waals surface area contributed by atoms with Crippen molar-refractivity contribution in [1.29, 1.82) is 0 Å². The van der Waals surface area contributed by atoms with Crippen LogP contribution in [0.4, 0.5) is 0 Å². The van der Waals surface area contributed by atoms with Gasteiger partial charge in [0.15, 0.2) is 11.8 Å². The van der Waals surface area contributed by atoms with Gasteiger partial charge in [0.1, 0.15) is 17.8 Å². The van der Waals surface area contributed by atoms with Crippen LogP contribution in [0.15, 0.2) is 52.0 Å². The predicted molar refractivity (Wildman–Crippen MR) is 168 cm³/mol. The minimum absolute atomic E-state index is 0.0147.